The first-order chi connectivity index (χ1) is 13.7. The Kier molecular flexibility index (Phi) is 7.01. The lowest BCUT2D eigenvalue weighted by atomic mass is 10.1. The molecule has 1 aromatic heterocycles. The molecule has 0 spiro atoms. The minimum absolute atomic E-state index is 0.181. The van der Waals surface area contributed by atoms with Gasteiger partial charge < -0.3 is 9.47 Å². The SMILES string of the molecule is CCCCC(=O)N(Cc1ccccc1)Cc1cccn1Cc1ccc(F)cc1. The van der Waals surface area contributed by atoms with Crippen molar-refractivity contribution in [2.24, 2.45) is 0 Å². The molecule has 0 aliphatic rings. The summed E-state index contributed by atoms with van der Waals surface area (Å²) in [5.74, 6) is -0.0488. The van der Waals surface area contributed by atoms with Gasteiger partial charge in [-0.25, -0.2) is 4.39 Å². The van der Waals surface area contributed by atoms with Crippen molar-refractivity contribution in [1.29, 1.82) is 0 Å². The lowest BCUT2D eigenvalue weighted by Gasteiger charge is -2.24. The molecule has 3 aromatic rings. The highest BCUT2D eigenvalue weighted by Gasteiger charge is 2.16. The van der Waals surface area contributed by atoms with Crippen LogP contribution in [0.1, 0.15) is 43.0 Å². The first-order valence-corrected chi connectivity index (χ1v) is 9.86. The van der Waals surface area contributed by atoms with Gasteiger partial charge in [-0.3, -0.25) is 4.79 Å². The van der Waals surface area contributed by atoms with E-state index in [2.05, 4.69) is 29.7 Å². The minimum atomic E-state index is -0.230. The van der Waals surface area contributed by atoms with Crippen molar-refractivity contribution in [2.75, 3.05) is 0 Å². The monoisotopic (exact) mass is 378 g/mol. The van der Waals surface area contributed by atoms with Crippen molar-refractivity contribution < 1.29 is 9.18 Å². The fourth-order valence-electron chi connectivity index (χ4n) is 3.25. The maximum atomic E-state index is 13.2. The van der Waals surface area contributed by atoms with Crippen LogP contribution in [0.4, 0.5) is 4.39 Å². The quantitative estimate of drug-likeness (QED) is 0.490. The molecule has 0 unspecified atom stereocenters. The van der Waals surface area contributed by atoms with Gasteiger partial charge in [-0.15, -0.1) is 0 Å². The molecule has 0 radical (unpaired) electrons. The van der Waals surface area contributed by atoms with E-state index in [1.165, 1.54) is 12.1 Å². The molecule has 0 aliphatic heterocycles. The van der Waals surface area contributed by atoms with E-state index in [0.717, 1.165) is 29.7 Å². The standard InChI is InChI=1S/C24H27FN2O/c1-2-3-11-24(28)27(18-20-8-5-4-6-9-20)19-23-10-7-16-26(23)17-21-12-14-22(25)15-13-21/h4-10,12-16H,2-3,11,17-19H2,1H3. The number of hydrogen-bond donors (Lipinski definition) is 0. The van der Waals surface area contributed by atoms with Gasteiger partial charge in [0.15, 0.2) is 0 Å². The average molecular weight is 378 g/mol. The molecular formula is C24H27FN2O. The second kappa shape index (κ2) is 9.88. The van der Waals surface area contributed by atoms with E-state index < -0.39 is 0 Å². The first kappa shape index (κ1) is 19.9. The van der Waals surface area contributed by atoms with Gasteiger partial charge in [0, 0.05) is 31.4 Å². The summed E-state index contributed by atoms with van der Waals surface area (Å²) in [7, 11) is 0. The third-order valence-electron chi connectivity index (χ3n) is 4.86. The number of rotatable bonds is 9. The summed E-state index contributed by atoms with van der Waals surface area (Å²) in [5, 5.41) is 0. The Morgan fingerprint density at radius 2 is 1.68 bits per heavy atom. The van der Waals surface area contributed by atoms with E-state index >= 15 is 0 Å². The van der Waals surface area contributed by atoms with Gasteiger partial charge in [-0.05, 0) is 41.8 Å². The highest BCUT2D eigenvalue weighted by Crippen LogP contribution is 2.15. The van der Waals surface area contributed by atoms with Crippen molar-refractivity contribution in [3.8, 4) is 0 Å². The number of carbonyl (C=O) groups is 1. The summed E-state index contributed by atoms with van der Waals surface area (Å²) in [4.78, 5) is 14.7. The summed E-state index contributed by atoms with van der Waals surface area (Å²) in [6, 6.07) is 20.7. The predicted octanol–water partition coefficient (Wildman–Crippen LogP) is 5.39. The smallest absolute Gasteiger partial charge is 0.223 e. The van der Waals surface area contributed by atoms with Crippen molar-refractivity contribution >= 4 is 5.91 Å². The molecular weight excluding hydrogens is 351 g/mol. The second-order valence-electron chi connectivity index (χ2n) is 7.09. The maximum absolute atomic E-state index is 13.2. The van der Waals surface area contributed by atoms with Crippen LogP contribution in [0.5, 0.6) is 0 Å². The minimum Gasteiger partial charge on any atom is -0.345 e. The summed E-state index contributed by atoms with van der Waals surface area (Å²) in [5.41, 5.74) is 3.24. The van der Waals surface area contributed by atoms with Crippen molar-refractivity contribution in [3.63, 3.8) is 0 Å². The van der Waals surface area contributed by atoms with E-state index in [4.69, 9.17) is 0 Å². The number of hydrogen-bond acceptors (Lipinski definition) is 1. The maximum Gasteiger partial charge on any atom is 0.223 e. The Bertz CT molecular complexity index is 871. The van der Waals surface area contributed by atoms with E-state index in [0.29, 0.717) is 26.1 Å². The molecule has 0 aliphatic carbocycles. The number of aromatic nitrogens is 1. The van der Waals surface area contributed by atoms with E-state index in [1.54, 1.807) is 12.1 Å². The molecule has 4 heteroatoms. The Morgan fingerprint density at radius 3 is 2.39 bits per heavy atom. The lowest BCUT2D eigenvalue weighted by molar-refractivity contribution is -0.132. The predicted molar refractivity (Wildman–Crippen MR) is 110 cm³/mol. The number of halogens is 1. The van der Waals surface area contributed by atoms with E-state index in [-0.39, 0.29) is 11.7 Å². The molecule has 3 rings (SSSR count). The molecule has 1 amide bonds. The third kappa shape index (κ3) is 5.56. The van der Waals surface area contributed by atoms with Gasteiger partial charge >= 0.3 is 0 Å². The Morgan fingerprint density at radius 1 is 0.929 bits per heavy atom. The van der Waals surface area contributed by atoms with Crippen molar-refractivity contribution in [2.45, 2.75) is 45.8 Å². The van der Waals surface area contributed by atoms with Gasteiger partial charge in [-0.2, -0.15) is 0 Å². The Balaban J connectivity index is 1.75. The van der Waals surface area contributed by atoms with Crippen LogP contribution < -0.4 is 0 Å². The molecule has 1 heterocycles. The molecule has 0 saturated carbocycles. The van der Waals surface area contributed by atoms with Crippen LogP contribution in [0.15, 0.2) is 72.9 Å². The van der Waals surface area contributed by atoms with Crippen LogP contribution in [0.2, 0.25) is 0 Å². The number of nitrogens with zero attached hydrogens (tertiary/aromatic N) is 2. The van der Waals surface area contributed by atoms with Crippen molar-refractivity contribution in [3.05, 3.63) is 95.6 Å². The fraction of sp³-hybridized carbons (Fsp3) is 0.292. The topological polar surface area (TPSA) is 25.2 Å². The first-order valence-electron chi connectivity index (χ1n) is 9.86. The highest BCUT2D eigenvalue weighted by molar-refractivity contribution is 5.76. The Labute approximate surface area is 166 Å². The number of amides is 1. The largest absolute Gasteiger partial charge is 0.345 e. The summed E-state index contributed by atoms with van der Waals surface area (Å²) in [6.07, 6.45) is 4.49. The molecule has 2 aromatic carbocycles. The van der Waals surface area contributed by atoms with E-state index in [1.807, 2.05) is 35.4 Å². The van der Waals surface area contributed by atoms with Gasteiger partial charge in [0.2, 0.25) is 5.91 Å². The summed E-state index contributed by atoms with van der Waals surface area (Å²) >= 11 is 0. The fourth-order valence-corrected chi connectivity index (χ4v) is 3.25. The lowest BCUT2D eigenvalue weighted by Crippen LogP contribution is -2.30. The zero-order valence-corrected chi connectivity index (χ0v) is 16.4. The number of carbonyl (C=O) groups excluding carboxylic acids is 1. The van der Waals surface area contributed by atoms with Crippen LogP contribution in [0.3, 0.4) is 0 Å². The second-order valence-corrected chi connectivity index (χ2v) is 7.09. The van der Waals surface area contributed by atoms with E-state index in [9.17, 15) is 9.18 Å². The zero-order chi connectivity index (χ0) is 19.8. The van der Waals surface area contributed by atoms with Gasteiger partial charge in [-0.1, -0.05) is 55.8 Å². The molecule has 0 atom stereocenters. The van der Waals surface area contributed by atoms with Gasteiger partial charge in [0.1, 0.15) is 5.82 Å². The van der Waals surface area contributed by atoms with Crippen LogP contribution >= 0.6 is 0 Å². The number of unbranched alkanes of at least 4 members (excludes halogenated alkanes) is 1. The number of benzene rings is 2. The molecule has 28 heavy (non-hydrogen) atoms. The van der Waals surface area contributed by atoms with Crippen LogP contribution in [-0.4, -0.2) is 15.4 Å². The molecule has 3 nitrogen and oxygen atoms in total. The molecule has 146 valence electrons. The van der Waals surface area contributed by atoms with Crippen molar-refractivity contribution in [1.82, 2.24) is 9.47 Å². The van der Waals surface area contributed by atoms with Crippen LogP contribution in [0, 0.1) is 5.82 Å². The summed E-state index contributed by atoms with van der Waals surface area (Å²) < 4.78 is 15.3. The third-order valence-corrected chi connectivity index (χ3v) is 4.86. The summed E-state index contributed by atoms with van der Waals surface area (Å²) in [6.45, 7) is 3.92. The van der Waals surface area contributed by atoms with Crippen LogP contribution in [0.25, 0.3) is 0 Å². The van der Waals surface area contributed by atoms with Gasteiger partial charge in [0.05, 0.1) is 6.54 Å². The molecule has 0 fully saturated rings. The Hall–Kier alpha value is -2.88. The highest BCUT2D eigenvalue weighted by atomic mass is 19.1. The zero-order valence-electron chi connectivity index (χ0n) is 16.4. The van der Waals surface area contributed by atoms with Gasteiger partial charge in [0.25, 0.3) is 0 Å². The molecule has 0 bridgehead atoms. The average Bonchev–Trinajstić information content (AvgIpc) is 3.15. The van der Waals surface area contributed by atoms with Crippen LogP contribution in [-0.2, 0) is 24.4 Å². The normalized spacial score (nSPS) is 10.8. The molecule has 0 saturated heterocycles. The molecule has 0 N–H and O–H groups in total.